The molecule has 0 bridgehead atoms. The number of aryl methyl sites for hydroxylation is 1. The molecule has 0 aliphatic heterocycles. The van der Waals surface area contributed by atoms with Crippen molar-refractivity contribution in [3.63, 3.8) is 0 Å². The van der Waals surface area contributed by atoms with Crippen LogP contribution in [0.5, 0.6) is 5.75 Å². The van der Waals surface area contributed by atoms with Crippen LogP contribution in [0, 0.1) is 0 Å². The summed E-state index contributed by atoms with van der Waals surface area (Å²) in [6.45, 7) is 6.93. The highest BCUT2D eigenvalue weighted by Gasteiger charge is 2.15. The van der Waals surface area contributed by atoms with Gasteiger partial charge in [-0.15, -0.1) is 0 Å². The molecule has 1 aromatic heterocycles. The lowest BCUT2D eigenvalue weighted by Gasteiger charge is -2.16. The zero-order valence-corrected chi connectivity index (χ0v) is 12.3. The van der Waals surface area contributed by atoms with E-state index in [-0.39, 0.29) is 6.10 Å². The Morgan fingerprint density at radius 1 is 1.35 bits per heavy atom. The van der Waals surface area contributed by atoms with Crippen LogP contribution in [0.3, 0.4) is 0 Å². The van der Waals surface area contributed by atoms with E-state index in [0.717, 1.165) is 30.0 Å². The van der Waals surface area contributed by atoms with Crippen LogP contribution in [-0.4, -0.2) is 20.8 Å². The minimum atomic E-state index is -0.681. The number of rotatable bonds is 6. The normalized spacial score (nSPS) is 12.7. The molecule has 1 unspecified atom stereocenters. The van der Waals surface area contributed by atoms with E-state index >= 15 is 0 Å². The molecular weight excluding hydrogens is 252 g/mol. The number of aromatic nitrogens is 2. The molecule has 4 heteroatoms. The molecule has 2 aromatic rings. The molecule has 0 amide bonds. The van der Waals surface area contributed by atoms with Crippen molar-refractivity contribution in [2.75, 3.05) is 0 Å². The van der Waals surface area contributed by atoms with Gasteiger partial charge in [0.25, 0.3) is 0 Å². The fourth-order valence-electron chi connectivity index (χ4n) is 2.19. The lowest BCUT2D eigenvalue weighted by molar-refractivity contribution is 0.207. The molecule has 2 rings (SSSR count). The fraction of sp³-hybridized carbons (Fsp3) is 0.438. The van der Waals surface area contributed by atoms with Gasteiger partial charge >= 0.3 is 0 Å². The van der Waals surface area contributed by atoms with Crippen LogP contribution in [-0.2, 0) is 6.54 Å². The summed E-state index contributed by atoms with van der Waals surface area (Å²) in [4.78, 5) is 4.13. The van der Waals surface area contributed by atoms with Crippen LogP contribution < -0.4 is 4.74 Å². The van der Waals surface area contributed by atoms with Crippen LogP contribution >= 0.6 is 0 Å². The fourth-order valence-corrected chi connectivity index (χ4v) is 2.19. The van der Waals surface area contributed by atoms with Crippen molar-refractivity contribution in [1.29, 1.82) is 0 Å². The molecule has 1 N–H and O–H groups in total. The first-order valence-electron chi connectivity index (χ1n) is 7.06. The standard InChI is InChI=1S/C16H22N2O2/c1-4-8-18-11-17-10-15(18)16(19)13-6-5-7-14(9-13)20-12(2)3/h5-7,9-12,16,19H,4,8H2,1-3H3. The molecule has 1 aromatic carbocycles. The van der Waals surface area contributed by atoms with Crippen molar-refractivity contribution in [1.82, 2.24) is 9.55 Å². The summed E-state index contributed by atoms with van der Waals surface area (Å²) in [6.07, 6.45) is 3.92. The largest absolute Gasteiger partial charge is 0.491 e. The molecule has 0 fully saturated rings. The Labute approximate surface area is 120 Å². The van der Waals surface area contributed by atoms with E-state index in [2.05, 4.69) is 11.9 Å². The zero-order valence-electron chi connectivity index (χ0n) is 12.3. The minimum absolute atomic E-state index is 0.119. The topological polar surface area (TPSA) is 47.3 Å². The minimum Gasteiger partial charge on any atom is -0.491 e. The van der Waals surface area contributed by atoms with Crippen LogP contribution in [0.4, 0.5) is 0 Å². The van der Waals surface area contributed by atoms with E-state index in [4.69, 9.17) is 4.74 Å². The summed E-state index contributed by atoms with van der Waals surface area (Å²) in [5.41, 5.74) is 1.63. The molecule has 0 aliphatic carbocycles. The van der Waals surface area contributed by atoms with Gasteiger partial charge in [-0.25, -0.2) is 4.98 Å². The Kier molecular flexibility index (Phi) is 4.79. The first kappa shape index (κ1) is 14.6. The Balaban J connectivity index is 2.23. The summed E-state index contributed by atoms with van der Waals surface area (Å²) in [5, 5.41) is 10.5. The second-order valence-electron chi connectivity index (χ2n) is 5.15. The van der Waals surface area contributed by atoms with Gasteiger partial charge in [0.05, 0.1) is 24.3 Å². The number of aliphatic hydroxyl groups excluding tert-OH is 1. The first-order valence-corrected chi connectivity index (χ1v) is 7.06. The van der Waals surface area contributed by atoms with E-state index < -0.39 is 6.10 Å². The third-order valence-corrected chi connectivity index (χ3v) is 3.03. The number of aliphatic hydroxyl groups is 1. The van der Waals surface area contributed by atoms with Crippen LogP contribution in [0.2, 0.25) is 0 Å². The van der Waals surface area contributed by atoms with Crippen LogP contribution in [0.1, 0.15) is 44.6 Å². The summed E-state index contributed by atoms with van der Waals surface area (Å²) in [7, 11) is 0. The number of nitrogens with zero attached hydrogens (tertiary/aromatic N) is 2. The van der Waals surface area contributed by atoms with Crippen molar-refractivity contribution in [3.8, 4) is 5.75 Å². The van der Waals surface area contributed by atoms with Crippen LogP contribution in [0.25, 0.3) is 0 Å². The van der Waals surface area contributed by atoms with E-state index in [9.17, 15) is 5.11 Å². The summed E-state index contributed by atoms with van der Waals surface area (Å²) in [5.74, 6) is 0.776. The van der Waals surface area contributed by atoms with E-state index in [1.807, 2.05) is 42.7 Å². The zero-order chi connectivity index (χ0) is 14.5. The highest BCUT2D eigenvalue weighted by atomic mass is 16.5. The van der Waals surface area contributed by atoms with Gasteiger partial charge in [0.1, 0.15) is 11.9 Å². The molecule has 1 heterocycles. The van der Waals surface area contributed by atoms with Crippen LogP contribution in [0.15, 0.2) is 36.8 Å². The number of hydrogen-bond acceptors (Lipinski definition) is 3. The van der Waals surface area contributed by atoms with Gasteiger partial charge < -0.3 is 14.4 Å². The van der Waals surface area contributed by atoms with Crippen molar-refractivity contribution in [3.05, 3.63) is 48.0 Å². The lowest BCUT2D eigenvalue weighted by atomic mass is 10.1. The molecule has 1 atom stereocenters. The number of hydrogen-bond donors (Lipinski definition) is 1. The molecule has 0 spiro atoms. The Hall–Kier alpha value is -1.81. The van der Waals surface area contributed by atoms with Crippen molar-refractivity contribution in [2.45, 2.75) is 45.9 Å². The summed E-state index contributed by atoms with van der Waals surface area (Å²) in [6, 6.07) is 7.59. The SMILES string of the molecule is CCCn1cncc1C(O)c1cccc(OC(C)C)c1. The highest BCUT2D eigenvalue weighted by molar-refractivity contribution is 5.33. The Morgan fingerprint density at radius 2 is 2.15 bits per heavy atom. The molecule has 20 heavy (non-hydrogen) atoms. The van der Waals surface area contributed by atoms with E-state index in [0.29, 0.717) is 0 Å². The van der Waals surface area contributed by atoms with Gasteiger partial charge in [-0.3, -0.25) is 0 Å². The molecule has 0 saturated carbocycles. The molecule has 4 nitrogen and oxygen atoms in total. The third-order valence-electron chi connectivity index (χ3n) is 3.03. The average Bonchev–Trinajstić information content (AvgIpc) is 2.86. The first-order chi connectivity index (χ1) is 9.61. The predicted molar refractivity (Wildman–Crippen MR) is 78.8 cm³/mol. The molecule has 108 valence electrons. The summed E-state index contributed by atoms with van der Waals surface area (Å²) < 4.78 is 7.65. The lowest BCUT2D eigenvalue weighted by Crippen LogP contribution is -2.09. The van der Waals surface area contributed by atoms with E-state index in [1.54, 1.807) is 12.5 Å². The van der Waals surface area contributed by atoms with Crippen molar-refractivity contribution in [2.24, 2.45) is 0 Å². The van der Waals surface area contributed by atoms with Gasteiger partial charge in [0, 0.05) is 6.54 Å². The molecular formula is C16H22N2O2. The summed E-state index contributed by atoms with van der Waals surface area (Å²) >= 11 is 0. The monoisotopic (exact) mass is 274 g/mol. The van der Waals surface area contributed by atoms with Gasteiger partial charge in [0.15, 0.2) is 0 Å². The Bertz CT molecular complexity index is 549. The van der Waals surface area contributed by atoms with Gasteiger partial charge in [-0.1, -0.05) is 19.1 Å². The number of imidazole rings is 1. The third kappa shape index (κ3) is 3.39. The predicted octanol–water partition coefficient (Wildman–Crippen LogP) is 3.16. The van der Waals surface area contributed by atoms with Gasteiger partial charge in [-0.2, -0.15) is 0 Å². The smallest absolute Gasteiger partial charge is 0.121 e. The van der Waals surface area contributed by atoms with Gasteiger partial charge in [0.2, 0.25) is 0 Å². The maximum absolute atomic E-state index is 10.5. The molecule has 0 aliphatic rings. The van der Waals surface area contributed by atoms with E-state index in [1.165, 1.54) is 0 Å². The maximum atomic E-state index is 10.5. The Morgan fingerprint density at radius 3 is 2.85 bits per heavy atom. The average molecular weight is 274 g/mol. The second kappa shape index (κ2) is 6.57. The number of ether oxygens (including phenoxy) is 1. The number of benzene rings is 1. The highest BCUT2D eigenvalue weighted by Crippen LogP contribution is 2.25. The maximum Gasteiger partial charge on any atom is 0.121 e. The van der Waals surface area contributed by atoms with Crippen molar-refractivity contribution >= 4 is 0 Å². The van der Waals surface area contributed by atoms with Crippen molar-refractivity contribution < 1.29 is 9.84 Å². The second-order valence-corrected chi connectivity index (χ2v) is 5.15. The molecule has 0 radical (unpaired) electrons. The molecule has 0 saturated heterocycles. The quantitative estimate of drug-likeness (QED) is 0.880. The van der Waals surface area contributed by atoms with Gasteiger partial charge in [-0.05, 0) is 38.0 Å².